The molecule has 1 aromatic heterocycles. The average molecular weight is 247 g/mol. The van der Waals surface area contributed by atoms with Gasteiger partial charge in [-0.05, 0) is 33.2 Å². The van der Waals surface area contributed by atoms with E-state index in [0.717, 1.165) is 24.6 Å². The Morgan fingerprint density at radius 3 is 2.94 bits per heavy atom. The van der Waals surface area contributed by atoms with Gasteiger partial charge in [-0.25, -0.2) is 4.98 Å². The summed E-state index contributed by atoms with van der Waals surface area (Å²) in [6, 6.07) is 3.23. The zero-order chi connectivity index (χ0) is 12.7. The van der Waals surface area contributed by atoms with Gasteiger partial charge in [-0.15, -0.1) is 0 Å². The molecule has 0 spiro atoms. The molecule has 0 amide bonds. The van der Waals surface area contributed by atoms with Gasteiger partial charge in [-0.1, -0.05) is 0 Å². The number of nitrogens with two attached hydrogens (primary N) is 1. The Bertz CT molecular complexity index is 427. The lowest BCUT2D eigenvalue weighted by Crippen LogP contribution is -2.55. The number of nitrogen functional groups attached to an aromatic ring is 1. The third kappa shape index (κ3) is 2.03. The van der Waals surface area contributed by atoms with Crippen molar-refractivity contribution in [2.24, 2.45) is 0 Å². The van der Waals surface area contributed by atoms with Crippen LogP contribution in [-0.4, -0.2) is 46.6 Å². The van der Waals surface area contributed by atoms with Crippen LogP contribution in [-0.2, 0) is 0 Å². The molecule has 0 radical (unpaired) electrons. The maximum atomic E-state index is 5.76. The van der Waals surface area contributed by atoms with Crippen LogP contribution in [0, 0.1) is 6.92 Å². The van der Waals surface area contributed by atoms with E-state index in [1.54, 1.807) is 0 Å². The lowest BCUT2D eigenvalue weighted by Gasteiger charge is -2.43. The van der Waals surface area contributed by atoms with Crippen molar-refractivity contribution in [3.8, 4) is 0 Å². The lowest BCUT2D eigenvalue weighted by molar-refractivity contribution is 0.202. The molecular weight excluding hydrogens is 226 g/mol. The molecule has 2 atom stereocenters. The van der Waals surface area contributed by atoms with Crippen LogP contribution in [0.15, 0.2) is 6.07 Å². The molecule has 2 aliphatic rings. The minimum Gasteiger partial charge on any atom is -0.368 e. The van der Waals surface area contributed by atoms with Gasteiger partial charge in [0.1, 0.15) is 5.82 Å². The molecule has 2 fully saturated rings. The van der Waals surface area contributed by atoms with Gasteiger partial charge in [0.2, 0.25) is 5.95 Å². The summed E-state index contributed by atoms with van der Waals surface area (Å²) in [6.07, 6.45) is 2.64. The predicted molar refractivity (Wildman–Crippen MR) is 72.6 cm³/mol. The summed E-state index contributed by atoms with van der Waals surface area (Å²) in [5.74, 6) is 1.37. The van der Waals surface area contributed by atoms with E-state index in [4.69, 9.17) is 5.73 Å². The van der Waals surface area contributed by atoms with Crippen LogP contribution in [0.1, 0.15) is 25.5 Å². The Morgan fingerprint density at radius 2 is 2.17 bits per heavy atom. The van der Waals surface area contributed by atoms with Gasteiger partial charge >= 0.3 is 0 Å². The fraction of sp³-hybridized carbons (Fsp3) is 0.692. The molecule has 1 aromatic rings. The molecule has 5 heteroatoms. The number of aromatic nitrogens is 2. The molecule has 3 heterocycles. The Hall–Kier alpha value is -1.36. The summed E-state index contributed by atoms with van der Waals surface area (Å²) >= 11 is 0. The molecular formula is C13H21N5. The molecule has 5 nitrogen and oxygen atoms in total. The van der Waals surface area contributed by atoms with Crippen molar-refractivity contribution in [1.82, 2.24) is 14.9 Å². The average Bonchev–Trinajstić information content (AvgIpc) is 2.73. The van der Waals surface area contributed by atoms with Crippen LogP contribution >= 0.6 is 0 Å². The number of rotatable bonds is 1. The highest BCUT2D eigenvalue weighted by Gasteiger charge is 2.34. The number of piperazine rings is 1. The first-order valence-corrected chi connectivity index (χ1v) is 6.75. The minimum atomic E-state index is 0.381. The smallest absolute Gasteiger partial charge is 0.222 e. The van der Waals surface area contributed by atoms with Crippen LogP contribution in [0.3, 0.4) is 0 Å². The van der Waals surface area contributed by atoms with E-state index in [1.165, 1.54) is 19.4 Å². The van der Waals surface area contributed by atoms with Crippen molar-refractivity contribution >= 4 is 11.8 Å². The second kappa shape index (κ2) is 4.39. The second-order valence-corrected chi connectivity index (χ2v) is 5.52. The van der Waals surface area contributed by atoms with Crippen molar-refractivity contribution < 1.29 is 0 Å². The monoisotopic (exact) mass is 247 g/mol. The van der Waals surface area contributed by atoms with Crippen molar-refractivity contribution in [2.75, 3.05) is 30.3 Å². The highest BCUT2D eigenvalue weighted by Crippen LogP contribution is 2.28. The second-order valence-electron chi connectivity index (χ2n) is 5.52. The fourth-order valence-corrected chi connectivity index (χ4v) is 3.23. The zero-order valence-corrected chi connectivity index (χ0v) is 11.1. The lowest BCUT2D eigenvalue weighted by atomic mass is 10.1. The summed E-state index contributed by atoms with van der Waals surface area (Å²) in [5.41, 5.74) is 6.70. The summed E-state index contributed by atoms with van der Waals surface area (Å²) in [4.78, 5) is 13.5. The first-order chi connectivity index (χ1) is 8.63. The van der Waals surface area contributed by atoms with Crippen LogP contribution in [0.2, 0.25) is 0 Å². The van der Waals surface area contributed by atoms with Gasteiger partial charge in [0.25, 0.3) is 0 Å². The van der Waals surface area contributed by atoms with Gasteiger partial charge in [-0.2, -0.15) is 4.98 Å². The van der Waals surface area contributed by atoms with E-state index in [9.17, 15) is 0 Å². The Labute approximate surface area is 108 Å². The van der Waals surface area contributed by atoms with Crippen LogP contribution in [0.25, 0.3) is 0 Å². The largest absolute Gasteiger partial charge is 0.368 e. The van der Waals surface area contributed by atoms with Crippen molar-refractivity contribution in [1.29, 1.82) is 0 Å². The van der Waals surface area contributed by atoms with Gasteiger partial charge in [-0.3, -0.25) is 4.90 Å². The molecule has 2 aliphatic heterocycles. The first kappa shape index (κ1) is 11.7. The molecule has 0 aliphatic carbocycles. The third-order valence-corrected chi connectivity index (χ3v) is 4.09. The number of hydrogen-bond acceptors (Lipinski definition) is 5. The number of aryl methyl sites for hydroxylation is 1. The molecule has 18 heavy (non-hydrogen) atoms. The van der Waals surface area contributed by atoms with Gasteiger partial charge < -0.3 is 10.6 Å². The maximum absolute atomic E-state index is 5.76. The molecule has 2 saturated heterocycles. The third-order valence-electron chi connectivity index (χ3n) is 4.09. The van der Waals surface area contributed by atoms with Crippen LogP contribution in [0.5, 0.6) is 0 Å². The van der Waals surface area contributed by atoms with E-state index in [-0.39, 0.29) is 0 Å². The zero-order valence-electron chi connectivity index (χ0n) is 11.1. The predicted octanol–water partition coefficient (Wildman–Crippen LogP) is 1.04. The molecule has 0 bridgehead atoms. The van der Waals surface area contributed by atoms with Gasteiger partial charge in [0.05, 0.1) is 0 Å². The molecule has 98 valence electrons. The summed E-state index contributed by atoms with van der Waals surface area (Å²) in [5, 5.41) is 0. The van der Waals surface area contributed by atoms with E-state index < -0.39 is 0 Å². The summed E-state index contributed by atoms with van der Waals surface area (Å²) in [6.45, 7) is 7.69. The Balaban J connectivity index is 1.86. The van der Waals surface area contributed by atoms with E-state index >= 15 is 0 Å². The maximum Gasteiger partial charge on any atom is 0.222 e. The van der Waals surface area contributed by atoms with Crippen molar-refractivity contribution in [3.63, 3.8) is 0 Å². The Morgan fingerprint density at radius 1 is 1.33 bits per heavy atom. The quantitative estimate of drug-likeness (QED) is 0.803. The number of nitrogens with zero attached hydrogens (tertiary/aromatic N) is 4. The number of hydrogen-bond donors (Lipinski definition) is 1. The first-order valence-electron chi connectivity index (χ1n) is 6.75. The van der Waals surface area contributed by atoms with E-state index in [1.807, 2.05) is 13.0 Å². The molecule has 3 rings (SSSR count). The highest BCUT2D eigenvalue weighted by atomic mass is 15.3. The fourth-order valence-electron chi connectivity index (χ4n) is 3.23. The van der Waals surface area contributed by atoms with E-state index in [0.29, 0.717) is 18.0 Å². The van der Waals surface area contributed by atoms with Crippen molar-refractivity contribution in [2.45, 2.75) is 38.8 Å². The van der Waals surface area contributed by atoms with E-state index in [2.05, 4.69) is 26.7 Å². The summed E-state index contributed by atoms with van der Waals surface area (Å²) < 4.78 is 0. The molecule has 2 N–H and O–H groups in total. The molecule has 0 aromatic carbocycles. The minimum absolute atomic E-state index is 0.381. The normalized spacial score (nSPS) is 28.4. The van der Waals surface area contributed by atoms with Crippen molar-refractivity contribution in [3.05, 3.63) is 11.8 Å². The number of fused-ring (bicyclic) bond motifs is 1. The molecule has 2 unspecified atom stereocenters. The standard InChI is InChI=1S/C13H21N5/c1-9-6-12(16-13(14)15-9)18-8-11-4-3-5-17(11)7-10(18)2/h6,10-11H,3-5,7-8H2,1-2H3,(H2,14,15,16). The van der Waals surface area contributed by atoms with Crippen LogP contribution in [0.4, 0.5) is 11.8 Å². The van der Waals surface area contributed by atoms with Gasteiger partial charge in [0, 0.05) is 36.9 Å². The van der Waals surface area contributed by atoms with Gasteiger partial charge in [0.15, 0.2) is 0 Å². The topological polar surface area (TPSA) is 58.3 Å². The number of anilines is 2. The van der Waals surface area contributed by atoms with Crippen LogP contribution < -0.4 is 10.6 Å². The molecule has 0 saturated carbocycles. The SMILES string of the molecule is Cc1cc(N2CC3CCCN3CC2C)nc(N)n1. The Kier molecular flexibility index (Phi) is 2.86. The summed E-state index contributed by atoms with van der Waals surface area (Å²) in [7, 11) is 0. The highest BCUT2D eigenvalue weighted by molar-refractivity contribution is 5.45.